The van der Waals surface area contributed by atoms with Crippen molar-refractivity contribution in [1.82, 2.24) is 5.32 Å². The summed E-state index contributed by atoms with van der Waals surface area (Å²) in [5.41, 5.74) is 10.3. The summed E-state index contributed by atoms with van der Waals surface area (Å²) in [4.78, 5) is 22.2. The Bertz CT molecular complexity index is 1410. The second kappa shape index (κ2) is 13.5. The molecule has 1 amide bonds. The van der Waals surface area contributed by atoms with Gasteiger partial charge < -0.3 is 19.9 Å². The van der Waals surface area contributed by atoms with Crippen molar-refractivity contribution in [3.05, 3.63) is 104 Å². The highest BCUT2D eigenvalue weighted by Gasteiger charge is 2.54. The molecule has 0 spiro atoms. The molecule has 1 aliphatic rings. The van der Waals surface area contributed by atoms with Gasteiger partial charge in [0.05, 0.1) is 6.61 Å². The average Bonchev–Trinajstić information content (AvgIpc) is 3.34. The van der Waals surface area contributed by atoms with Gasteiger partial charge in [-0.1, -0.05) is 77.4 Å². The summed E-state index contributed by atoms with van der Waals surface area (Å²) in [7, 11) is 0. The van der Waals surface area contributed by atoms with E-state index in [9.17, 15) is 10.3 Å². The number of aliphatic imine (C=N–C) groups is 1. The van der Waals surface area contributed by atoms with Gasteiger partial charge in [-0.05, 0) is 47.3 Å². The maximum absolute atomic E-state index is 14.2. The van der Waals surface area contributed by atoms with Crippen molar-refractivity contribution in [2.45, 2.75) is 38.3 Å². The zero-order valence-electron chi connectivity index (χ0n) is 22.5. The molecule has 0 unspecified atom stereocenters. The molecule has 9 nitrogen and oxygen atoms in total. The predicted molar refractivity (Wildman–Crippen MR) is 158 cm³/mol. The van der Waals surface area contributed by atoms with Crippen molar-refractivity contribution in [3.63, 3.8) is 0 Å². The molecule has 1 heterocycles. The molecule has 1 aliphatic heterocycles. The average molecular weight is 607 g/mol. The minimum absolute atomic E-state index is 0.0555. The van der Waals surface area contributed by atoms with Crippen molar-refractivity contribution in [2.24, 2.45) is 16.0 Å². The van der Waals surface area contributed by atoms with Crippen LogP contribution in [0.4, 0.5) is 5.69 Å². The fourth-order valence-electron chi connectivity index (χ4n) is 4.49. The topological polar surface area (TPSA) is 129 Å². The summed E-state index contributed by atoms with van der Waals surface area (Å²) < 4.78 is 13.0. The van der Waals surface area contributed by atoms with Crippen LogP contribution in [0.15, 0.2) is 87.4 Å². The first-order valence-corrected chi connectivity index (χ1v) is 13.9. The highest BCUT2D eigenvalue weighted by atomic mass is 79.9. The Kier molecular flexibility index (Phi) is 9.82. The predicted octanol–water partition coefficient (Wildman–Crippen LogP) is 6.42. The molecular formula is C30H32BrN5O4. The molecule has 4 rings (SSSR count). The maximum Gasteiger partial charge on any atom is 0.252 e. The molecule has 10 heteroatoms. The lowest BCUT2D eigenvalue weighted by atomic mass is 9.81. The number of amides is 1. The van der Waals surface area contributed by atoms with Crippen LogP contribution in [0.5, 0.6) is 5.75 Å². The Morgan fingerprint density at radius 3 is 2.60 bits per heavy atom. The Hall–Kier alpha value is -3.85. The van der Waals surface area contributed by atoms with Crippen LogP contribution < -0.4 is 10.1 Å². The zero-order valence-corrected chi connectivity index (χ0v) is 24.0. The summed E-state index contributed by atoms with van der Waals surface area (Å²) >= 11 is 3.63. The Balaban J connectivity index is 1.84. The summed E-state index contributed by atoms with van der Waals surface area (Å²) in [6.07, 6.45) is -0.101. The lowest BCUT2D eigenvalue weighted by molar-refractivity contribution is -0.129. The van der Waals surface area contributed by atoms with Crippen molar-refractivity contribution >= 4 is 33.4 Å². The molecule has 208 valence electrons. The van der Waals surface area contributed by atoms with Gasteiger partial charge in [-0.2, -0.15) is 0 Å². The van der Waals surface area contributed by atoms with E-state index >= 15 is 0 Å². The Labute approximate surface area is 242 Å². The maximum atomic E-state index is 14.2. The Morgan fingerprint density at radius 1 is 1.18 bits per heavy atom. The number of nitrogens with one attached hydrogen (secondary N) is 1. The van der Waals surface area contributed by atoms with E-state index in [1.165, 1.54) is 0 Å². The molecule has 0 aliphatic carbocycles. The number of benzene rings is 3. The first-order valence-electron chi connectivity index (χ1n) is 13.1. The van der Waals surface area contributed by atoms with Gasteiger partial charge in [0.1, 0.15) is 5.75 Å². The van der Waals surface area contributed by atoms with E-state index in [-0.39, 0.29) is 24.9 Å². The third-order valence-electron chi connectivity index (χ3n) is 6.49. The fraction of sp³-hybridized carbons (Fsp3) is 0.333. The number of carbonyl (C=O) groups excluding carboxylic acids is 1. The van der Waals surface area contributed by atoms with Crippen LogP contribution in [0.2, 0.25) is 0 Å². The summed E-state index contributed by atoms with van der Waals surface area (Å²) in [6, 6.07) is 22.0. The van der Waals surface area contributed by atoms with E-state index in [2.05, 4.69) is 31.3 Å². The lowest BCUT2D eigenvalue weighted by Crippen LogP contribution is -2.50. The minimum atomic E-state index is -1.40. The number of azide groups is 1. The summed E-state index contributed by atoms with van der Waals surface area (Å²) in [5, 5.41) is 16.0. The Morgan fingerprint density at radius 2 is 1.90 bits per heavy atom. The molecule has 0 saturated carbocycles. The fourth-order valence-corrected chi connectivity index (χ4v) is 4.91. The van der Waals surface area contributed by atoms with E-state index in [0.717, 1.165) is 10.0 Å². The van der Waals surface area contributed by atoms with Gasteiger partial charge in [0, 0.05) is 52.2 Å². The number of carbonyl (C=O) groups is 1. The molecule has 0 aromatic heterocycles. The first kappa shape index (κ1) is 29.1. The van der Waals surface area contributed by atoms with Crippen molar-refractivity contribution in [3.8, 4) is 5.75 Å². The SMILES string of the molecule is CC(C)CNC(=O)[C@]1(Cc2ccccc2Br)N=C(c2ccc(OCCCO)cc2)O[C@@H]1c1ccccc1N=[N+]=[N-]. The number of aliphatic hydroxyl groups excluding tert-OH is 1. The van der Waals surface area contributed by atoms with Gasteiger partial charge in [-0.15, -0.1) is 0 Å². The van der Waals surface area contributed by atoms with Gasteiger partial charge in [0.2, 0.25) is 5.90 Å². The molecule has 2 N–H and O–H groups in total. The van der Waals surface area contributed by atoms with Crippen LogP contribution in [0.25, 0.3) is 10.4 Å². The zero-order chi connectivity index (χ0) is 28.5. The molecule has 0 radical (unpaired) electrons. The first-order chi connectivity index (χ1) is 19.4. The third-order valence-corrected chi connectivity index (χ3v) is 7.26. The largest absolute Gasteiger partial charge is 0.494 e. The smallest absolute Gasteiger partial charge is 0.252 e. The molecule has 3 aromatic carbocycles. The van der Waals surface area contributed by atoms with Crippen LogP contribution in [-0.4, -0.2) is 42.2 Å². The van der Waals surface area contributed by atoms with Gasteiger partial charge in [-0.25, -0.2) is 4.99 Å². The quantitative estimate of drug-likeness (QED) is 0.107. The second-order valence-electron chi connectivity index (χ2n) is 9.91. The molecule has 3 aromatic rings. The number of ether oxygens (including phenoxy) is 2. The minimum Gasteiger partial charge on any atom is -0.494 e. The monoisotopic (exact) mass is 605 g/mol. The van der Waals surface area contributed by atoms with Crippen LogP contribution in [-0.2, 0) is 16.0 Å². The van der Waals surface area contributed by atoms with E-state index < -0.39 is 11.6 Å². The number of nitrogens with zero attached hydrogens (tertiary/aromatic N) is 4. The van der Waals surface area contributed by atoms with Crippen molar-refractivity contribution in [1.29, 1.82) is 0 Å². The molecule has 2 atom stereocenters. The standard InChI is InChI=1S/C30H32BrN5O4/c1-20(2)19-33-29(38)30(18-22-8-3-5-10-25(22)31)27(24-9-4-6-11-26(24)35-36-32)40-28(34-30)21-12-14-23(15-13-21)39-17-7-16-37/h3-6,8-15,20,27,37H,7,16-19H2,1-2H3,(H,33,38)/t27-,30-/m1/s1. The third kappa shape index (κ3) is 6.65. The summed E-state index contributed by atoms with van der Waals surface area (Å²) in [6.45, 7) is 4.97. The van der Waals surface area contributed by atoms with Crippen molar-refractivity contribution in [2.75, 3.05) is 19.8 Å². The summed E-state index contributed by atoms with van der Waals surface area (Å²) in [5.74, 6) is 0.892. The van der Waals surface area contributed by atoms with E-state index in [4.69, 9.17) is 19.6 Å². The second-order valence-corrected chi connectivity index (χ2v) is 10.8. The van der Waals surface area contributed by atoms with Crippen molar-refractivity contribution < 1.29 is 19.4 Å². The van der Waals surface area contributed by atoms with E-state index in [0.29, 0.717) is 48.0 Å². The highest BCUT2D eigenvalue weighted by molar-refractivity contribution is 9.10. The van der Waals surface area contributed by atoms with Crippen LogP contribution in [0.3, 0.4) is 0 Å². The number of hydrogen-bond acceptors (Lipinski definition) is 6. The number of aliphatic hydroxyl groups is 1. The number of halogens is 1. The van der Waals surface area contributed by atoms with Crippen LogP contribution in [0.1, 0.15) is 43.1 Å². The van der Waals surface area contributed by atoms with E-state index in [1.54, 1.807) is 30.3 Å². The molecule has 0 bridgehead atoms. The van der Waals surface area contributed by atoms with Crippen LogP contribution >= 0.6 is 15.9 Å². The van der Waals surface area contributed by atoms with Crippen LogP contribution in [0, 0.1) is 5.92 Å². The molecule has 0 saturated heterocycles. The molecule has 0 fully saturated rings. The normalized spacial score (nSPS) is 18.0. The lowest BCUT2D eigenvalue weighted by Gasteiger charge is -2.32. The molecule has 40 heavy (non-hydrogen) atoms. The number of hydrogen-bond donors (Lipinski definition) is 2. The van der Waals surface area contributed by atoms with Gasteiger partial charge in [0.15, 0.2) is 11.6 Å². The van der Waals surface area contributed by atoms with Gasteiger partial charge >= 0.3 is 0 Å². The van der Waals surface area contributed by atoms with E-state index in [1.807, 2.05) is 56.3 Å². The molecular weight excluding hydrogens is 574 g/mol. The highest BCUT2D eigenvalue weighted by Crippen LogP contribution is 2.46. The number of rotatable bonds is 12. The van der Waals surface area contributed by atoms with Gasteiger partial charge in [0.25, 0.3) is 5.91 Å². The van der Waals surface area contributed by atoms with Gasteiger partial charge in [-0.3, -0.25) is 4.79 Å².